The third kappa shape index (κ3) is 4.30. The molecule has 0 saturated heterocycles. The Morgan fingerprint density at radius 3 is 3.00 bits per heavy atom. The fraction of sp³-hybridized carbons (Fsp3) is 0.643. The fourth-order valence-corrected chi connectivity index (χ4v) is 3.40. The summed E-state index contributed by atoms with van der Waals surface area (Å²) in [4.78, 5) is 14.2. The number of carbonyl (C=O) groups is 1. The van der Waals surface area contributed by atoms with Gasteiger partial charge in [-0.05, 0) is 43.7 Å². The van der Waals surface area contributed by atoms with Gasteiger partial charge in [-0.2, -0.15) is 0 Å². The molecule has 19 heavy (non-hydrogen) atoms. The second kappa shape index (κ2) is 7.62. The van der Waals surface area contributed by atoms with Crippen molar-refractivity contribution in [1.82, 2.24) is 5.32 Å². The zero-order valence-corrected chi connectivity index (χ0v) is 11.9. The summed E-state index contributed by atoms with van der Waals surface area (Å²) < 4.78 is 5.14. The molecule has 5 heteroatoms. The van der Waals surface area contributed by atoms with Crippen molar-refractivity contribution in [3.05, 3.63) is 21.4 Å². The largest absolute Gasteiger partial charge is 0.394 e. The lowest BCUT2D eigenvalue weighted by atomic mass is 9.99. The predicted octanol–water partition coefficient (Wildman–Crippen LogP) is 1.76. The summed E-state index contributed by atoms with van der Waals surface area (Å²) in [5.74, 6) is 0.0292. The molecule has 2 N–H and O–H groups in total. The fourth-order valence-electron chi connectivity index (χ4n) is 2.23. The molecule has 0 fully saturated rings. The molecule has 0 radical (unpaired) electrons. The molecule has 1 heterocycles. The van der Waals surface area contributed by atoms with Crippen molar-refractivity contribution in [3.8, 4) is 0 Å². The predicted molar refractivity (Wildman–Crippen MR) is 75.8 cm³/mol. The second-order valence-electron chi connectivity index (χ2n) is 4.71. The number of nitrogens with one attached hydrogen (secondary N) is 1. The number of hydrogen-bond acceptors (Lipinski definition) is 4. The van der Waals surface area contributed by atoms with Crippen LogP contribution in [0, 0.1) is 0 Å². The minimum atomic E-state index is 0.0292. The highest BCUT2D eigenvalue weighted by atomic mass is 32.1. The Labute approximate surface area is 117 Å². The molecule has 1 amide bonds. The Kier molecular flexibility index (Phi) is 5.82. The number of carbonyl (C=O) groups excluding carboxylic acids is 1. The van der Waals surface area contributed by atoms with Crippen LogP contribution in [0.2, 0.25) is 0 Å². The minimum Gasteiger partial charge on any atom is -0.394 e. The number of aliphatic hydroxyl groups is 1. The van der Waals surface area contributed by atoms with Crippen LogP contribution in [0.15, 0.2) is 6.07 Å². The molecule has 106 valence electrons. The molecule has 0 spiro atoms. The first-order chi connectivity index (χ1) is 9.31. The maximum Gasteiger partial charge on any atom is 0.261 e. The van der Waals surface area contributed by atoms with Crippen molar-refractivity contribution < 1.29 is 14.6 Å². The molecule has 1 aromatic heterocycles. The highest BCUT2D eigenvalue weighted by molar-refractivity contribution is 7.14. The molecular formula is C14H21NO3S. The third-order valence-corrected chi connectivity index (χ3v) is 4.44. The highest BCUT2D eigenvalue weighted by Gasteiger charge is 2.16. The van der Waals surface area contributed by atoms with E-state index in [0.717, 1.165) is 24.1 Å². The van der Waals surface area contributed by atoms with Crippen LogP contribution in [0.5, 0.6) is 0 Å². The van der Waals surface area contributed by atoms with Crippen molar-refractivity contribution in [1.29, 1.82) is 0 Å². The monoisotopic (exact) mass is 283 g/mol. The normalized spacial score (nSPS) is 14.2. The quantitative estimate of drug-likeness (QED) is 0.750. The van der Waals surface area contributed by atoms with Gasteiger partial charge in [0.25, 0.3) is 5.91 Å². The van der Waals surface area contributed by atoms with Crippen LogP contribution in [0.25, 0.3) is 0 Å². The summed E-state index contributed by atoms with van der Waals surface area (Å²) in [5.41, 5.74) is 1.37. The lowest BCUT2D eigenvalue weighted by molar-refractivity contribution is 0.0869. The van der Waals surface area contributed by atoms with E-state index in [9.17, 15) is 4.79 Å². The molecule has 2 rings (SSSR count). The lowest BCUT2D eigenvalue weighted by Crippen LogP contribution is -2.24. The Hall–Kier alpha value is -0.910. The molecule has 4 nitrogen and oxygen atoms in total. The number of aryl methyl sites for hydroxylation is 2. The number of amides is 1. The summed E-state index contributed by atoms with van der Waals surface area (Å²) in [6.07, 6.45) is 5.51. The van der Waals surface area contributed by atoms with Gasteiger partial charge in [-0.3, -0.25) is 4.79 Å². The van der Waals surface area contributed by atoms with E-state index in [-0.39, 0.29) is 12.5 Å². The van der Waals surface area contributed by atoms with Gasteiger partial charge in [-0.1, -0.05) is 0 Å². The van der Waals surface area contributed by atoms with Crippen molar-refractivity contribution >= 4 is 17.2 Å². The van der Waals surface area contributed by atoms with Crippen molar-refractivity contribution in [3.63, 3.8) is 0 Å². The van der Waals surface area contributed by atoms with E-state index in [4.69, 9.17) is 9.84 Å². The maximum atomic E-state index is 12.0. The van der Waals surface area contributed by atoms with Crippen LogP contribution in [0.1, 0.15) is 39.4 Å². The number of rotatable bonds is 7. The van der Waals surface area contributed by atoms with Gasteiger partial charge in [0.05, 0.1) is 18.1 Å². The third-order valence-electron chi connectivity index (χ3n) is 3.21. The first-order valence-corrected chi connectivity index (χ1v) is 7.71. The Bertz CT molecular complexity index is 393. The standard InChI is InChI=1S/C14H21NO3S/c16-7-9-18-8-3-6-15-14(17)13-10-11-4-1-2-5-12(11)19-13/h10,16H,1-9H2,(H,15,17). The van der Waals surface area contributed by atoms with Gasteiger partial charge < -0.3 is 15.2 Å². The smallest absolute Gasteiger partial charge is 0.261 e. The van der Waals surface area contributed by atoms with Crippen LogP contribution in [0.3, 0.4) is 0 Å². The zero-order valence-electron chi connectivity index (χ0n) is 11.1. The second-order valence-corrected chi connectivity index (χ2v) is 5.85. The molecule has 1 aromatic rings. The number of ether oxygens (including phenoxy) is 1. The Morgan fingerprint density at radius 1 is 1.37 bits per heavy atom. The van der Waals surface area contributed by atoms with Crippen LogP contribution >= 0.6 is 11.3 Å². The van der Waals surface area contributed by atoms with Crippen molar-refractivity contribution in [2.24, 2.45) is 0 Å². The van der Waals surface area contributed by atoms with Crippen molar-refractivity contribution in [2.45, 2.75) is 32.1 Å². The molecule has 0 aliphatic heterocycles. The summed E-state index contributed by atoms with van der Waals surface area (Å²) in [5, 5.41) is 11.5. The van der Waals surface area contributed by atoms with Gasteiger partial charge >= 0.3 is 0 Å². The zero-order chi connectivity index (χ0) is 13.5. The summed E-state index contributed by atoms with van der Waals surface area (Å²) in [7, 11) is 0. The average Bonchev–Trinajstić information content (AvgIpc) is 2.86. The van der Waals surface area contributed by atoms with E-state index in [1.54, 1.807) is 11.3 Å². The molecule has 0 atom stereocenters. The molecule has 1 aliphatic carbocycles. The van der Waals surface area contributed by atoms with Crippen LogP contribution in [-0.4, -0.2) is 37.4 Å². The molecular weight excluding hydrogens is 262 g/mol. The number of fused-ring (bicyclic) bond motifs is 1. The SMILES string of the molecule is O=C(NCCCOCCO)c1cc2c(s1)CCCC2. The van der Waals surface area contributed by atoms with Crippen LogP contribution in [-0.2, 0) is 17.6 Å². The number of aliphatic hydroxyl groups excluding tert-OH is 1. The van der Waals surface area contributed by atoms with Crippen LogP contribution < -0.4 is 5.32 Å². The lowest BCUT2D eigenvalue weighted by Gasteiger charge is -2.08. The highest BCUT2D eigenvalue weighted by Crippen LogP contribution is 2.29. The topological polar surface area (TPSA) is 58.6 Å². The van der Waals surface area contributed by atoms with Gasteiger partial charge in [0.1, 0.15) is 0 Å². The Morgan fingerprint density at radius 2 is 2.21 bits per heavy atom. The van der Waals surface area contributed by atoms with Crippen LogP contribution in [0.4, 0.5) is 0 Å². The molecule has 0 bridgehead atoms. The van der Waals surface area contributed by atoms with E-state index >= 15 is 0 Å². The van der Waals surface area contributed by atoms with Gasteiger partial charge in [0.2, 0.25) is 0 Å². The summed E-state index contributed by atoms with van der Waals surface area (Å²) in [6.45, 7) is 1.60. The van der Waals surface area contributed by atoms with E-state index in [0.29, 0.717) is 19.8 Å². The van der Waals surface area contributed by atoms with E-state index in [1.807, 2.05) is 0 Å². The number of thiophene rings is 1. The van der Waals surface area contributed by atoms with Gasteiger partial charge in [0.15, 0.2) is 0 Å². The van der Waals surface area contributed by atoms with Gasteiger partial charge in [-0.15, -0.1) is 11.3 Å². The van der Waals surface area contributed by atoms with E-state index in [1.165, 1.54) is 23.3 Å². The minimum absolute atomic E-state index is 0.0292. The van der Waals surface area contributed by atoms with E-state index < -0.39 is 0 Å². The van der Waals surface area contributed by atoms with Gasteiger partial charge in [-0.25, -0.2) is 0 Å². The molecule has 0 saturated carbocycles. The number of hydrogen-bond donors (Lipinski definition) is 2. The van der Waals surface area contributed by atoms with Gasteiger partial charge in [0, 0.05) is 18.0 Å². The average molecular weight is 283 g/mol. The first-order valence-electron chi connectivity index (χ1n) is 6.89. The summed E-state index contributed by atoms with van der Waals surface area (Å²) in [6, 6.07) is 2.05. The van der Waals surface area contributed by atoms with E-state index in [2.05, 4.69) is 11.4 Å². The maximum absolute atomic E-state index is 12.0. The molecule has 0 unspecified atom stereocenters. The first kappa shape index (κ1) is 14.5. The van der Waals surface area contributed by atoms with Crippen molar-refractivity contribution in [2.75, 3.05) is 26.4 Å². The molecule has 1 aliphatic rings. The Balaban J connectivity index is 1.72. The molecule has 0 aromatic carbocycles. The summed E-state index contributed by atoms with van der Waals surface area (Å²) >= 11 is 1.64.